The molecule has 1 saturated heterocycles. The van der Waals surface area contributed by atoms with Crippen LogP contribution in [0.1, 0.15) is 28.4 Å². The van der Waals surface area contributed by atoms with E-state index in [2.05, 4.69) is 0 Å². The van der Waals surface area contributed by atoms with Crippen LogP contribution in [0.15, 0.2) is 18.2 Å². The fourth-order valence-electron chi connectivity index (χ4n) is 1.72. The van der Waals surface area contributed by atoms with Gasteiger partial charge in [-0.1, -0.05) is 19.1 Å². The van der Waals surface area contributed by atoms with Crippen molar-refractivity contribution in [1.29, 1.82) is 0 Å². The van der Waals surface area contributed by atoms with E-state index in [0.717, 1.165) is 25.0 Å². The first-order chi connectivity index (χ1) is 7.20. The molecule has 3 heteroatoms. The highest BCUT2D eigenvalue weighted by Crippen LogP contribution is 2.19. The zero-order valence-electron chi connectivity index (χ0n) is 8.69. The monoisotopic (exact) mass is 206 g/mol. The van der Waals surface area contributed by atoms with Crippen LogP contribution < -0.4 is 0 Å². The van der Waals surface area contributed by atoms with E-state index in [4.69, 9.17) is 9.84 Å². The molecule has 0 saturated carbocycles. The van der Waals surface area contributed by atoms with Crippen molar-refractivity contribution in [2.75, 3.05) is 6.61 Å². The summed E-state index contributed by atoms with van der Waals surface area (Å²) in [6.45, 7) is 2.81. The number of aromatic carboxylic acids is 1. The van der Waals surface area contributed by atoms with Gasteiger partial charge in [0.25, 0.3) is 0 Å². The molecule has 2 rings (SSSR count). The zero-order chi connectivity index (χ0) is 10.8. The number of carboxylic acid groups (broad SMARTS) is 1. The minimum Gasteiger partial charge on any atom is -0.478 e. The van der Waals surface area contributed by atoms with Crippen LogP contribution >= 0.6 is 0 Å². The van der Waals surface area contributed by atoms with E-state index in [0.29, 0.717) is 11.7 Å². The minimum absolute atomic E-state index is 0.352. The predicted molar refractivity (Wildman–Crippen MR) is 56.2 cm³/mol. The van der Waals surface area contributed by atoms with E-state index in [-0.39, 0.29) is 0 Å². The Balaban J connectivity index is 2.24. The number of epoxide rings is 1. The predicted octanol–water partition coefficient (Wildman–Crippen LogP) is 1.89. The topological polar surface area (TPSA) is 49.8 Å². The number of carbonyl (C=O) groups is 1. The molecule has 1 fully saturated rings. The van der Waals surface area contributed by atoms with Crippen LogP contribution in [0.3, 0.4) is 0 Å². The molecule has 0 bridgehead atoms. The molecule has 0 aliphatic carbocycles. The summed E-state index contributed by atoms with van der Waals surface area (Å²) in [7, 11) is 0. The van der Waals surface area contributed by atoms with E-state index in [1.807, 2.05) is 19.1 Å². The number of ether oxygens (including phenoxy) is 1. The summed E-state index contributed by atoms with van der Waals surface area (Å²) in [6.07, 6.45) is 2.00. The third-order valence-electron chi connectivity index (χ3n) is 2.65. The fourth-order valence-corrected chi connectivity index (χ4v) is 1.72. The van der Waals surface area contributed by atoms with E-state index >= 15 is 0 Å². The summed E-state index contributed by atoms with van der Waals surface area (Å²) in [5.74, 6) is -0.846. The molecular weight excluding hydrogens is 192 g/mol. The lowest BCUT2D eigenvalue weighted by Gasteiger charge is -2.06. The summed E-state index contributed by atoms with van der Waals surface area (Å²) in [5, 5.41) is 8.96. The molecular formula is C12H14O3. The molecule has 1 aromatic rings. The number of rotatable bonds is 4. The second-order valence-electron chi connectivity index (χ2n) is 3.81. The van der Waals surface area contributed by atoms with Crippen LogP contribution in [0.25, 0.3) is 0 Å². The van der Waals surface area contributed by atoms with E-state index < -0.39 is 5.97 Å². The van der Waals surface area contributed by atoms with Crippen molar-refractivity contribution in [2.24, 2.45) is 0 Å². The lowest BCUT2D eigenvalue weighted by Crippen LogP contribution is -2.03. The maximum atomic E-state index is 10.9. The fraction of sp³-hybridized carbons (Fsp3) is 0.417. The van der Waals surface area contributed by atoms with Gasteiger partial charge in [-0.2, -0.15) is 0 Å². The average Bonchev–Trinajstić information content (AvgIpc) is 3.01. The Morgan fingerprint density at radius 2 is 2.33 bits per heavy atom. The molecule has 15 heavy (non-hydrogen) atoms. The number of hydrogen-bond acceptors (Lipinski definition) is 2. The van der Waals surface area contributed by atoms with Gasteiger partial charge in [0.2, 0.25) is 0 Å². The van der Waals surface area contributed by atoms with Crippen LogP contribution in [0.5, 0.6) is 0 Å². The van der Waals surface area contributed by atoms with Crippen LogP contribution in [-0.4, -0.2) is 23.8 Å². The van der Waals surface area contributed by atoms with Gasteiger partial charge in [-0.3, -0.25) is 0 Å². The van der Waals surface area contributed by atoms with Crippen LogP contribution in [0.4, 0.5) is 0 Å². The second-order valence-corrected chi connectivity index (χ2v) is 3.81. The first-order valence-corrected chi connectivity index (χ1v) is 5.17. The van der Waals surface area contributed by atoms with E-state index in [9.17, 15) is 4.79 Å². The quantitative estimate of drug-likeness (QED) is 0.765. The number of aryl methyl sites for hydroxylation is 1. The van der Waals surface area contributed by atoms with E-state index in [1.54, 1.807) is 6.07 Å². The molecule has 1 aromatic carbocycles. The molecule has 1 N–H and O–H groups in total. The molecule has 1 heterocycles. The number of benzene rings is 1. The van der Waals surface area contributed by atoms with Gasteiger partial charge in [0.15, 0.2) is 0 Å². The summed E-state index contributed by atoms with van der Waals surface area (Å²) >= 11 is 0. The Labute approximate surface area is 88.7 Å². The normalized spacial score (nSPS) is 18.9. The zero-order valence-corrected chi connectivity index (χ0v) is 8.69. The maximum absolute atomic E-state index is 10.9. The number of carboxylic acids is 1. The first-order valence-electron chi connectivity index (χ1n) is 5.17. The van der Waals surface area contributed by atoms with Gasteiger partial charge >= 0.3 is 5.97 Å². The largest absolute Gasteiger partial charge is 0.478 e. The molecule has 0 amide bonds. The lowest BCUT2D eigenvalue weighted by molar-refractivity contribution is 0.0695. The van der Waals surface area contributed by atoms with Gasteiger partial charge < -0.3 is 9.84 Å². The van der Waals surface area contributed by atoms with Crippen molar-refractivity contribution in [3.8, 4) is 0 Å². The first kappa shape index (κ1) is 10.2. The summed E-state index contributed by atoms with van der Waals surface area (Å²) in [6, 6.07) is 5.55. The standard InChI is InChI=1S/C12H14O3/c1-2-9-5-8(6-10-7-15-10)3-4-11(9)12(13)14/h3-5,10H,2,6-7H2,1H3,(H,13,14). The molecule has 1 atom stereocenters. The highest BCUT2D eigenvalue weighted by atomic mass is 16.6. The molecule has 0 spiro atoms. The van der Waals surface area contributed by atoms with Crippen molar-refractivity contribution >= 4 is 5.97 Å². The summed E-state index contributed by atoms with van der Waals surface area (Å²) in [4.78, 5) is 10.9. The van der Waals surface area contributed by atoms with Gasteiger partial charge in [0.05, 0.1) is 18.3 Å². The molecule has 0 radical (unpaired) electrons. The highest BCUT2D eigenvalue weighted by Gasteiger charge is 2.23. The molecule has 1 aliphatic heterocycles. The van der Waals surface area contributed by atoms with Crippen molar-refractivity contribution in [3.63, 3.8) is 0 Å². The number of hydrogen-bond donors (Lipinski definition) is 1. The lowest BCUT2D eigenvalue weighted by atomic mass is 10.00. The van der Waals surface area contributed by atoms with Crippen molar-refractivity contribution in [2.45, 2.75) is 25.9 Å². The van der Waals surface area contributed by atoms with Gasteiger partial charge in [-0.05, 0) is 23.6 Å². The molecule has 0 aromatic heterocycles. The van der Waals surface area contributed by atoms with Crippen LogP contribution in [0, 0.1) is 0 Å². The second kappa shape index (κ2) is 4.03. The van der Waals surface area contributed by atoms with E-state index in [1.165, 1.54) is 5.56 Å². The third-order valence-corrected chi connectivity index (χ3v) is 2.65. The summed E-state index contributed by atoms with van der Waals surface area (Å²) in [5.41, 5.74) is 2.48. The molecule has 3 nitrogen and oxygen atoms in total. The van der Waals surface area contributed by atoms with Crippen molar-refractivity contribution < 1.29 is 14.6 Å². The average molecular weight is 206 g/mol. The van der Waals surface area contributed by atoms with Gasteiger partial charge in [-0.25, -0.2) is 4.79 Å². The molecule has 1 unspecified atom stereocenters. The third kappa shape index (κ3) is 2.36. The Morgan fingerprint density at radius 1 is 1.60 bits per heavy atom. The van der Waals surface area contributed by atoms with Gasteiger partial charge in [0.1, 0.15) is 0 Å². The van der Waals surface area contributed by atoms with Crippen molar-refractivity contribution in [1.82, 2.24) is 0 Å². The molecule has 80 valence electrons. The van der Waals surface area contributed by atoms with Gasteiger partial charge in [-0.15, -0.1) is 0 Å². The van der Waals surface area contributed by atoms with Crippen LogP contribution in [-0.2, 0) is 17.6 Å². The SMILES string of the molecule is CCc1cc(CC2CO2)ccc1C(=O)O. The molecule has 1 aliphatic rings. The van der Waals surface area contributed by atoms with Crippen LogP contribution in [0.2, 0.25) is 0 Å². The maximum Gasteiger partial charge on any atom is 0.335 e. The Bertz CT molecular complexity index is 380. The Kier molecular flexibility index (Phi) is 2.73. The summed E-state index contributed by atoms with van der Waals surface area (Å²) < 4.78 is 5.15. The van der Waals surface area contributed by atoms with Crippen molar-refractivity contribution in [3.05, 3.63) is 34.9 Å². The Morgan fingerprint density at radius 3 is 2.87 bits per heavy atom. The highest BCUT2D eigenvalue weighted by molar-refractivity contribution is 5.89. The van der Waals surface area contributed by atoms with Gasteiger partial charge in [0, 0.05) is 6.42 Å². The minimum atomic E-state index is -0.846. The smallest absolute Gasteiger partial charge is 0.335 e. The Hall–Kier alpha value is -1.35.